The van der Waals surface area contributed by atoms with Gasteiger partial charge in [-0.2, -0.15) is 13.2 Å². The van der Waals surface area contributed by atoms with Gasteiger partial charge in [0, 0.05) is 35.1 Å². The normalized spacial score (nSPS) is 18.3. The van der Waals surface area contributed by atoms with Crippen LogP contribution >= 0.6 is 0 Å². The minimum atomic E-state index is -4.89. The minimum Gasteiger partial charge on any atom is -0.493 e. The first-order chi connectivity index (χ1) is 15.6. The van der Waals surface area contributed by atoms with Crippen molar-refractivity contribution in [1.29, 1.82) is 0 Å². The van der Waals surface area contributed by atoms with E-state index >= 15 is 0 Å². The van der Waals surface area contributed by atoms with Crippen molar-refractivity contribution in [3.05, 3.63) is 72.2 Å². The van der Waals surface area contributed by atoms with Crippen LogP contribution in [0.2, 0.25) is 0 Å². The first kappa shape index (κ1) is 23.0. The number of hydrogen-bond donors (Lipinski definition) is 2. The summed E-state index contributed by atoms with van der Waals surface area (Å²) in [5, 5.41) is 10.8. The van der Waals surface area contributed by atoms with Gasteiger partial charge >= 0.3 is 6.18 Å². The van der Waals surface area contributed by atoms with Crippen molar-refractivity contribution in [3.8, 4) is 16.9 Å². The fourth-order valence-electron chi connectivity index (χ4n) is 3.69. The molecule has 1 aliphatic rings. The third kappa shape index (κ3) is 5.60. The Balaban J connectivity index is 1.58. The number of ether oxygens (including phenoxy) is 1. The van der Waals surface area contributed by atoms with Crippen molar-refractivity contribution in [2.24, 2.45) is 5.92 Å². The number of anilines is 1. The lowest BCUT2D eigenvalue weighted by Gasteiger charge is -2.30. The highest BCUT2D eigenvalue weighted by atomic mass is 32.2. The number of rotatable bonds is 6. The first-order valence-corrected chi connectivity index (χ1v) is 11.6. The van der Waals surface area contributed by atoms with Crippen LogP contribution in [0, 0.1) is 5.92 Å². The number of hydrogen-bond acceptors (Lipinski definition) is 6. The largest absolute Gasteiger partial charge is 0.493 e. The predicted molar refractivity (Wildman–Crippen MR) is 115 cm³/mol. The summed E-state index contributed by atoms with van der Waals surface area (Å²) in [6, 6.07) is 13.5. The molecule has 0 unspecified atom stereocenters. The monoisotopic (exact) mass is 479 g/mol. The molecule has 2 N–H and O–H groups in total. The molecule has 0 amide bonds. The van der Waals surface area contributed by atoms with E-state index in [4.69, 9.17) is 4.74 Å². The van der Waals surface area contributed by atoms with Crippen LogP contribution in [0.15, 0.2) is 60.9 Å². The zero-order valence-electron chi connectivity index (χ0n) is 17.2. The third-order valence-electron chi connectivity index (χ3n) is 5.15. The Morgan fingerprint density at radius 1 is 1.09 bits per heavy atom. The zero-order chi connectivity index (χ0) is 23.6. The van der Waals surface area contributed by atoms with E-state index in [0.717, 1.165) is 5.69 Å². The van der Waals surface area contributed by atoms with Crippen molar-refractivity contribution < 1.29 is 31.4 Å². The van der Waals surface area contributed by atoms with Crippen molar-refractivity contribution in [1.82, 2.24) is 9.97 Å². The Bertz CT molecular complexity index is 1240. The standard InChI is InChI=1S/C22H20F3N3O4S/c23-22(24,25)13-33(30,31)28-21-17(5-3-9-27-21)14-6-7-18-19(11-14)32-12-15(20(18)29)10-16-4-1-2-8-26-16/h1-9,11,15,20,29H,10,12-13H2,(H,27,28)/t15-,20+/m0/s1. The molecule has 0 fully saturated rings. The van der Waals surface area contributed by atoms with E-state index in [1.165, 1.54) is 18.3 Å². The molecule has 0 saturated heterocycles. The van der Waals surface area contributed by atoms with E-state index in [2.05, 4.69) is 9.97 Å². The van der Waals surface area contributed by atoms with Gasteiger partial charge in [0.1, 0.15) is 11.6 Å². The molecule has 174 valence electrons. The Labute approximate surface area is 188 Å². The van der Waals surface area contributed by atoms with Gasteiger partial charge in [-0.05, 0) is 42.3 Å². The summed E-state index contributed by atoms with van der Waals surface area (Å²) in [6.07, 6.45) is -2.21. The highest BCUT2D eigenvalue weighted by molar-refractivity contribution is 7.92. The van der Waals surface area contributed by atoms with Crippen LogP contribution in [0.5, 0.6) is 5.75 Å². The molecule has 0 saturated carbocycles. The number of aliphatic hydroxyl groups excluding tert-OH is 1. The minimum absolute atomic E-state index is 0.207. The molecule has 11 heteroatoms. The van der Waals surface area contributed by atoms with Gasteiger partial charge < -0.3 is 9.84 Å². The predicted octanol–water partition coefficient (Wildman–Crippen LogP) is 3.73. The molecular weight excluding hydrogens is 459 g/mol. The van der Waals surface area contributed by atoms with Crippen LogP contribution in [-0.2, 0) is 16.4 Å². The number of pyridine rings is 2. The maximum atomic E-state index is 12.6. The Morgan fingerprint density at radius 3 is 2.61 bits per heavy atom. The number of nitrogens with zero attached hydrogens (tertiary/aromatic N) is 2. The number of halogens is 3. The molecule has 1 aliphatic heterocycles. The smallest absolute Gasteiger partial charge is 0.404 e. The summed E-state index contributed by atoms with van der Waals surface area (Å²) in [6.45, 7) is 0.242. The maximum absolute atomic E-state index is 12.6. The molecule has 0 aliphatic carbocycles. The van der Waals surface area contributed by atoms with E-state index in [0.29, 0.717) is 23.3 Å². The molecular formula is C22H20F3N3O4S. The number of sulfonamides is 1. The third-order valence-corrected chi connectivity index (χ3v) is 6.37. The number of aromatic nitrogens is 2. The van der Waals surface area contributed by atoms with Gasteiger partial charge in [-0.25, -0.2) is 13.4 Å². The van der Waals surface area contributed by atoms with Crippen molar-refractivity contribution in [3.63, 3.8) is 0 Å². The Hall–Kier alpha value is -3.18. The van der Waals surface area contributed by atoms with Crippen molar-refractivity contribution >= 4 is 15.8 Å². The molecule has 1 aromatic carbocycles. The number of nitrogens with one attached hydrogen (secondary N) is 1. The summed E-state index contributed by atoms with van der Waals surface area (Å²) in [5.41, 5.74) is 2.15. The van der Waals surface area contributed by atoms with Gasteiger partial charge in [0.15, 0.2) is 5.75 Å². The van der Waals surface area contributed by atoms with Crippen LogP contribution in [-0.4, -0.2) is 42.0 Å². The Kier molecular flexibility index (Phi) is 6.26. The van der Waals surface area contributed by atoms with Crippen LogP contribution < -0.4 is 9.46 Å². The molecule has 7 nitrogen and oxygen atoms in total. The molecule has 2 aromatic heterocycles. The quantitative estimate of drug-likeness (QED) is 0.559. The fourth-order valence-corrected chi connectivity index (χ4v) is 4.65. The van der Waals surface area contributed by atoms with Gasteiger partial charge in [0.05, 0.1) is 12.7 Å². The number of fused-ring (bicyclic) bond motifs is 1. The second-order valence-electron chi connectivity index (χ2n) is 7.67. The van der Waals surface area contributed by atoms with Gasteiger partial charge in [-0.3, -0.25) is 9.71 Å². The van der Waals surface area contributed by atoms with Gasteiger partial charge in [0.25, 0.3) is 0 Å². The van der Waals surface area contributed by atoms with E-state index in [1.54, 1.807) is 24.4 Å². The highest BCUT2D eigenvalue weighted by Gasteiger charge is 2.36. The molecule has 33 heavy (non-hydrogen) atoms. The molecule has 2 atom stereocenters. The summed E-state index contributed by atoms with van der Waals surface area (Å²) >= 11 is 0. The molecule has 0 bridgehead atoms. The molecule has 0 radical (unpaired) electrons. The molecule has 4 rings (SSSR count). The van der Waals surface area contributed by atoms with Crippen LogP contribution in [0.1, 0.15) is 17.4 Å². The lowest BCUT2D eigenvalue weighted by Crippen LogP contribution is -2.28. The second-order valence-corrected chi connectivity index (χ2v) is 9.39. The first-order valence-electron chi connectivity index (χ1n) is 9.99. The highest BCUT2D eigenvalue weighted by Crippen LogP contribution is 2.40. The van der Waals surface area contributed by atoms with E-state index < -0.39 is 28.1 Å². The van der Waals surface area contributed by atoms with Crippen molar-refractivity contribution in [2.45, 2.75) is 18.7 Å². The summed E-state index contributed by atoms with van der Waals surface area (Å²) < 4.78 is 69.4. The fraction of sp³-hybridized carbons (Fsp3) is 0.273. The molecule has 3 heterocycles. The Morgan fingerprint density at radius 2 is 1.88 bits per heavy atom. The van der Waals surface area contributed by atoms with Crippen molar-refractivity contribution in [2.75, 3.05) is 17.1 Å². The average molecular weight is 479 g/mol. The van der Waals surface area contributed by atoms with Crippen LogP contribution in [0.25, 0.3) is 11.1 Å². The van der Waals surface area contributed by atoms with Gasteiger partial charge in [0.2, 0.25) is 10.0 Å². The van der Waals surface area contributed by atoms with E-state index in [1.807, 2.05) is 22.9 Å². The summed E-state index contributed by atoms with van der Waals surface area (Å²) in [4.78, 5) is 8.18. The molecule has 3 aromatic rings. The average Bonchev–Trinajstić information content (AvgIpc) is 2.75. The second kappa shape index (κ2) is 8.99. The number of benzene rings is 1. The van der Waals surface area contributed by atoms with E-state index in [9.17, 15) is 26.7 Å². The number of alkyl halides is 3. The topological polar surface area (TPSA) is 101 Å². The molecule has 0 spiro atoms. The van der Waals surface area contributed by atoms with E-state index in [-0.39, 0.29) is 23.9 Å². The van der Waals surface area contributed by atoms with Crippen LogP contribution in [0.4, 0.5) is 19.0 Å². The SMILES string of the molecule is O=S(=O)(CC(F)(F)F)Nc1ncccc1-c1ccc2c(c1)OC[C@H](Cc1ccccn1)[C@H]2O. The number of aliphatic hydroxyl groups is 1. The maximum Gasteiger partial charge on any atom is 0.404 e. The summed E-state index contributed by atoms with van der Waals surface area (Å²) in [7, 11) is -4.70. The lowest BCUT2D eigenvalue weighted by atomic mass is 9.88. The lowest BCUT2D eigenvalue weighted by molar-refractivity contribution is -0.106. The van der Waals surface area contributed by atoms with Crippen LogP contribution in [0.3, 0.4) is 0 Å². The zero-order valence-corrected chi connectivity index (χ0v) is 18.0. The summed E-state index contributed by atoms with van der Waals surface area (Å²) in [5.74, 6) is -2.05. The van der Waals surface area contributed by atoms with Gasteiger partial charge in [-0.1, -0.05) is 18.2 Å². The van der Waals surface area contributed by atoms with Gasteiger partial charge in [-0.15, -0.1) is 0 Å².